The van der Waals surface area contributed by atoms with Crippen molar-refractivity contribution < 1.29 is 4.79 Å². The van der Waals surface area contributed by atoms with Gasteiger partial charge in [0.05, 0.1) is 12.1 Å². The first-order valence-electron chi connectivity index (χ1n) is 7.18. The van der Waals surface area contributed by atoms with Gasteiger partial charge in [-0.05, 0) is 24.1 Å². The third-order valence-electron chi connectivity index (χ3n) is 4.50. The van der Waals surface area contributed by atoms with Crippen LogP contribution in [-0.4, -0.2) is 38.7 Å². The van der Waals surface area contributed by atoms with E-state index in [0.29, 0.717) is 6.54 Å². The Morgan fingerprint density at radius 2 is 2.33 bits per heavy atom. The number of aryl methyl sites for hydroxylation is 1. The monoisotopic (exact) mass is 287 g/mol. The van der Waals surface area contributed by atoms with Gasteiger partial charge in [-0.1, -0.05) is 0 Å². The Hall–Kier alpha value is -2.08. The van der Waals surface area contributed by atoms with Gasteiger partial charge in [-0.25, -0.2) is 0 Å². The summed E-state index contributed by atoms with van der Waals surface area (Å²) in [5, 5.41) is 4.30. The molecule has 1 amide bonds. The topological polar surface area (TPSA) is 79.9 Å². The molecular formula is C15H21N5O. The first-order chi connectivity index (χ1) is 10.1. The predicted octanol–water partition coefficient (Wildman–Crippen LogP) is 0.758. The van der Waals surface area contributed by atoms with Gasteiger partial charge in [-0.2, -0.15) is 5.10 Å². The molecule has 1 aliphatic heterocycles. The fourth-order valence-electron chi connectivity index (χ4n) is 3.21. The van der Waals surface area contributed by atoms with E-state index in [0.717, 1.165) is 24.3 Å². The predicted molar refractivity (Wildman–Crippen MR) is 79.4 cm³/mol. The van der Waals surface area contributed by atoms with Crippen molar-refractivity contribution in [1.29, 1.82) is 0 Å². The molecule has 0 spiro atoms. The molecule has 0 bridgehead atoms. The quantitative estimate of drug-likeness (QED) is 0.871. The summed E-state index contributed by atoms with van der Waals surface area (Å²) in [5.74, 6) is -0.234. The minimum absolute atomic E-state index is 0.134. The van der Waals surface area contributed by atoms with Crippen LogP contribution in [0.25, 0.3) is 0 Å². The minimum atomic E-state index is -0.222. The highest BCUT2D eigenvalue weighted by molar-refractivity contribution is 5.78. The number of H-pyrrole nitrogens is 1. The van der Waals surface area contributed by atoms with Gasteiger partial charge in [0, 0.05) is 50.7 Å². The van der Waals surface area contributed by atoms with Crippen LogP contribution in [-0.2, 0) is 18.4 Å². The second-order valence-corrected chi connectivity index (χ2v) is 5.84. The number of primary amides is 1. The lowest BCUT2D eigenvalue weighted by molar-refractivity contribution is -0.121. The van der Waals surface area contributed by atoms with E-state index in [4.69, 9.17) is 5.73 Å². The Morgan fingerprint density at radius 3 is 2.90 bits per heavy atom. The number of aromatic nitrogens is 3. The molecule has 3 N–H and O–H groups in total. The standard InChI is InChI=1S/C15H21N5O/c1-10-12(6-18-19(10)2)13-8-20(9-14(13)15(16)21)7-11-3-4-17-5-11/h3-6,13-14,17H,7-9H2,1-2H3,(H2,16,21)/t13-,14+/m1/s1. The molecule has 112 valence electrons. The maximum absolute atomic E-state index is 11.8. The van der Waals surface area contributed by atoms with Crippen molar-refractivity contribution in [3.8, 4) is 0 Å². The Bertz CT molecular complexity index is 631. The molecule has 21 heavy (non-hydrogen) atoms. The van der Waals surface area contributed by atoms with E-state index in [-0.39, 0.29) is 17.7 Å². The SMILES string of the molecule is Cc1c([C@H]2CN(Cc3cc[nH]c3)C[C@@H]2C(N)=O)cnn1C. The molecule has 3 rings (SSSR count). The van der Waals surface area contributed by atoms with Gasteiger partial charge in [-0.15, -0.1) is 0 Å². The minimum Gasteiger partial charge on any atom is -0.369 e. The zero-order valence-corrected chi connectivity index (χ0v) is 12.4. The molecule has 2 aromatic rings. The van der Waals surface area contributed by atoms with Gasteiger partial charge in [0.1, 0.15) is 0 Å². The van der Waals surface area contributed by atoms with Crippen LogP contribution < -0.4 is 5.73 Å². The normalized spacial score (nSPS) is 22.8. The van der Waals surface area contributed by atoms with E-state index in [9.17, 15) is 4.79 Å². The maximum atomic E-state index is 11.8. The van der Waals surface area contributed by atoms with E-state index in [2.05, 4.69) is 21.0 Å². The summed E-state index contributed by atoms with van der Waals surface area (Å²) < 4.78 is 1.85. The number of nitrogens with zero attached hydrogens (tertiary/aromatic N) is 3. The molecule has 1 aliphatic rings. The number of hydrogen-bond donors (Lipinski definition) is 2. The Morgan fingerprint density at radius 1 is 1.52 bits per heavy atom. The molecule has 0 unspecified atom stereocenters. The second-order valence-electron chi connectivity index (χ2n) is 5.84. The zero-order valence-electron chi connectivity index (χ0n) is 12.4. The van der Waals surface area contributed by atoms with Crippen molar-refractivity contribution in [2.45, 2.75) is 19.4 Å². The molecule has 3 heterocycles. The van der Waals surface area contributed by atoms with E-state index < -0.39 is 0 Å². The van der Waals surface area contributed by atoms with Gasteiger partial charge in [0.2, 0.25) is 5.91 Å². The Kier molecular flexibility index (Phi) is 3.55. The van der Waals surface area contributed by atoms with Crippen LogP contribution in [0.15, 0.2) is 24.7 Å². The van der Waals surface area contributed by atoms with Crippen LogP contribution in [0, 0.1) is 12.8 Å². The number of rotatable bonds is 4. The fraction of sp³-hybridized carbons (Fsp3) is 0.467. The molecule has 6 heteroatoms. The first kappa shape index (κ1) is 13.9. The molecule has 1 saturated heterocycles. The van der Waals surface area contributed by atoms with Crippen molar-refractivity contribution >= 4 is 5.91 Å². The Labute approximate surface area is 123 Å². The second kappa shape index (κ2) is 5.37. The highest BCUT2D eigenvalue weighted by atomic mass is 16.1. The van der Waals surface area contributed by atoms with Crippen molar-refractivity contribution in [2.75, 3.05) is 13.1 Å². The van der Waals surface area contributed by atoms with Gasteiger partial charge < -0.3 is 10.7 Å². The molecule has 0 radical (unpaired) electrons. The van der Waals surface area contributed by atoms with Crippen LogP contribution in [0.1, 0.15) is 22.7 Å². The van der Waals surface area contributed by atoms with Gasteiger partial charge in [0.25, 0.3) is 0 Å². The maximum Gasteiger partial charge on any atom is 0.222 e. The molecule has 2 atom stereocenters. The molecular weight excluding hydrogens is 266 g/mol. The molecule has 6 nitrogen and oxygen atoms in total. The van der Waals surface area contributed by atoms with Crippen LogP contribution >= 0.6 is 0 Å². The number of nitrogens with two attached hydrogens (primary N) is 1. The van der Waals surface area contributed by atoms with Crippen LogP contribution in [0.2, 0.25) is 0 Å². The van der Waals surface area contributed by atoms with Crippen LogP contribution in [0.3, 0.4) is 0 Å². The number of carbonyl (C=O) groups excluding carboxylic acids is 1. The Balaban J connectivity index is 1.82. The summed E-state index contributed by atoms with van der Waals surface area (Å²) in [4.78, 5) is 17.2. The lowest BCUT2D eigenvalue weighted by Crippen LogP contribution is -2.29. The van der Waals surface area contributed by atoms with E-state index in [1.807, 2.05) is 37.2 Å². The summed E-state index contributed by atoms with van der Waals surface area (Å²) in [7, 11) is 1.92. The summed E-state index contributed by atoms with van der Waals surface area (Å²) >= 11 is 0. The summed E-state index contributed by atoms with van der Waals surface area (Å²) in [6.45, 7) is 4.42. The average Bonchev–Trinajstić information content (AvgIpc) is 3.14. The number of carbonyl (C=O) groups is 1. The lowest BCUT2D eigenvalue weighted by Gasteiger charge is -2.15. The number of likely N-dealkylation sites (tertiary alicyclic amines) is 1. The summed E-state index contributed by atoms with van der Waals surface area (Å²) in [6, 6.07) is 2.06. The number of hydrogen-bond acceptors (Lipinski definition) is 3. The van der Waals surface area contributed by atoms with Crippen molar-refractivity contribution in [3.63, 3.8) is 0 Å². The third-order valence-corrected chi connectivity index (χ3v) is 4.50. The van der Waals surface area contributed by atoms with Gasteiger partial charge >= 0.3 is 0 Å². The fourth-order valence-corrected chi connectivity index (χ4v) is 3.21. The third kappa shape index (κ3) is 2.58. The first-order valence-corrected chi connectivity index (χ1v) is 7.18. The largest absolute Gasteiger partial charge is 0.369 e. The molecule has 0 aliphatic carbocycles. The summed E-state index contributed by atoms with van der Waals surface area (Å²) in [5.41, 5.74) is 9.09. The number of nitrogens with one attached hydrogen (secondary N) is 1. The lowest BCUT2D eigenvalue weighted by atomic mass is 9.89. The zero-order chi connectivity index (χ0) is 15.0. The van der Waals surface area contributed by atoms with Crippen molar-refractivity contribution in [1.82, 2.24) is 19.7 Å². The number of amides is 1. The van der Waals surface area contributed by atoms with Crippen LogP contribution in [0.5, 0.6) is 0 Å². The smallest absolute Gasteiger partial charge is 0.222 e. The molecule has 1 fully saturated rings. The molecule has 0 saturated carbocycles. The number of aromatic amines is 1. The highest BCUT2D eigenvalue weighted by Crippen LogP contribution is 2.34. The van der Waals surface area contributed by atoms with Crippen molar-refractivity contribution in [2.24, 2.45) is 18.7 Å². The van der Waals surface area contributed by atoms with Crippen molar-refractivity contribution in [3.05, 3.63) is 41.5 Å². The average molecular weight is 287 g/mol. The highest BCUT2D eigenvalue weighted by Gasteiger charge is 2.38. The van der Waals surface area contributed by atoms with Crippen LogP contribution in [0.4, 0.5) is 0 Å². The molecule has 2 aromatic heterocycles. The van der Waals surface area contributed by atoms with E-state index >= 15 is 0 Å². The van der Waals surface area contributed by atoms with E-state index in [1.54, 1.807) is 0 Å². The van der Waals surface area contributed by atoms with E-state index in [1.165, 1.54) is 5.56 Å². The summed E-state index contributed by atoms with van der Waals surface area (Å²) in [6.07, 6.45) is 5.78. The van der Waals surface area contributed by atoms with Gasteiger partial charge in [-0.3, -0.25) is 14.4 Å². The molecule has 0 aromatic carbocycles. The van der Waals surface area contributed by atoms with Gasteiger partial charge in [0.15, 0.2) is 0 Å².